The van der Waals surface area contributed by atoms with Crippen LogP contribution < -0.4 is 0 Å². The van der Waals surface area contributed by atoms with E-state index in [-0.39, 0.29) is 29.4 Å². The standard InChI is InChI=1S/C29H34N2O4/c1-17(2)35-14-13-31-25(22-16-30-23-10-8-7-9-20(22)23)24(27(33)28(31)34)26(32)21-15-19(29(4,5)6)12-11-18(21)3/h7-12,15-17,25,30,32H,13-14H2,1-6H3/b26-24+. The van der Waals surface area contributed by atoms with Gasteiger partial charge in [-0.1, -0.05) is 51.1 Å². The molecule has 1 saturated heterocycles. The fraction of sp³-hybridized carbons (Fsp3) is 0.379. The van der Waals surface area contributed by atoms with Crippen LogP contribution in [0.5, 0.6) is 0 Å². The van der Waals surface area contributed by atoms with Gasteiger partial charge in [-0.3, -0.25) is 9.59 Å². The van der Waals surface area contributed by atoms with Crippen molar-refractivity contribution in [2.24, 2.45) is 0 Å². The largest absolute Gasteiger partial charge is 0.507 e. The number of aliphatic hydroxyl groups is 1. The summed E-state index contributed by atoms with van der Waals surface area (Å²) in [5, 5.41) is 12.5. The van der Waals surface area contributed by atoms with Crippen LogP contribution in [0.15, 0.2) is 54.2 Å². The number of rotatable bonds is 6. The minimum atomic E-state index is -0.723. The Labute approximate surface area is 206 Å². The number of Topliss-reactive ketones (excluding diaryl/α,β-unsaturated/α-hetero) is 1. The molecule has 0 radical (unpaired) electrons. The van der Waals surface area contributed by atoms with Gasteiger partial charge in [-0.25, -0.2) is 0 Å². The number of aromatic nitrogens is 1. The van der Waals surface area contributed by atoms with Gasteiger partial charge in [-0.2, -0.15) is 0 Å². The summed E-state index contributed by atoms with van der Waals surface area (Å²) in [4.78, 5) is 31.4. The molecule has 4 rings (SSSR count). The fourth-order valence-electron chi connectivity index (χ4n) is 4.63. The first-order chi connectivity index (χ1) is 16.5. The molecule has 3 aromatic rings. The normalized spacial score (nSPS) is 18.3. The van der Waals surface area contributed by atoms with Gasteiger partial charge in [0.15, 0.2) is 0 Å². The van der Waals surface area contributed by atoms with E-state index in [0.717, 1.165) is 27.6 Å². The van der Waals surface area contributed by atoms with Crippen molar-refractivity contribution in [2.45, 2.75) is 59.1 Å². The first-order valence-corrected chi connectivity index (χ1v) is 12.1. The quantitative estimate of drug-likeness (QED) is 0.276. The number of H-pyrrole nitrogens is 1. The average molecular weight is 475 g/mol. The molecule has 0 saturated carbocycles. The Morgan fingerprint density at radius 1 is 1.14 bits per heavy atom. The molecule has 1 aromatic heterocycles. The molecule has 6 nitrogen and oxygen atoms in total. The molecule has 0 aliphatic carbocycles. The van der Waals surface area contributed by atoms with Crippen molar-refractivity contribution in [1.29, 1.82) is 0 Å². The Bertz CT molecular complexity index is 1310. The highest BCUT2D eigenvalue weighted by Crippen LogP contribution is 2.42. The van der Waals surface area contributed by atoms with Crippen molar-refractivity contribution < 1.29 is 19.4 Å². The van der Waals surface area contributed by atoms with E-state index in [1.54, 1.807) is 0 Å². The molecule has 0 bridgehead atoms. The lowest BCUT2D eigenvalue weighted by Crippen LogP contribution is -2.33. The number of nitrogens with one attached hydrogen (secondary N) is 1. The molecule has 2 N–H and O–H groups in total. The molecule has 184 valence electrons. The zero-order chi connectivity index (χ0) is 25.5. The zero-order valence-corrected chi connectivity index (χ0v) is 21.3. The minimum Gasteiger partial charge on any atom is -0.507 e. The Morgan fingerprint density at radius 3 is 2.54 bits per heavy atom. The lowest BCUT2D eigenvalue weighted by atomic mass is 9.84. The van der Waals surface area contributed by atoms with Gasteiger partial charge in [0, 0.05) is 34.8 Å². The number of para-hydroxylation sites is 1. The number of nitrogens with zero attached hydrogens (tertiary/aromatic N) is 1. The lowest BCUT2D eigenvalue weighted by Gasteiger charge is -2.25. The van der Waals surface area contributed by atoms with E-state index in [1.165, 1.54) is 4.90 Å². The van der Waals surface area contributed by atoms with Crippen LogP contribution in [0, 0.1) is 6.92 Å². The summed E-state index contributed by atoms with van der Waals surface area (Å²) >= 11 is 0. The van der Waals surface area contributed by atoms with Gasteiger partial charge >= 0.3 is 0 Å². The first-order valence-electron chi connectivity index (χ1n) is 12.1. The summed E-state index contributed by atoms with van der Waals surface area (Å²) in [5.74, 6) is -1.45. The van der Waals surface area contributed by atoms with E-state index < -0.39 is 17.7 Å². The zero-order valence-electron chi connectivity index (χ0n) is 21.3. The summed E-state index contributed by atoms with van der Waals surface area (Å²) in [7, 11) is 0. The van der Waals surface area contributed by atoms with Crippen molar-refractivity contribution in [3.8, 4) is 0 Å². The maximum Gasteiger partial charge on any atom is 0.295 e. The fourth-order valence-corrected chi connectivity index (χ4v) is 4.63. The Kier molecular flexibility index (Phi) is 6.60. The van der Waals surface area contributed by atoms with Crippen molar-refractivity contribution in [3.05, 3.63) is 76.5 Å². The first kappa shape index (κ1) is 24.7. The summed E-state index contributed by atoms with van der Waals surface area (Å²) in [5.41, 5.74) is 4.08. The third-order valence-electron chi connectivity index (χ3n) is 6.60. The second kappa shape index (κ2) is 9.34. The number of ether oxygens (including phenoxy) is 1. The smallest absolute Gasteiger partial charge is 0.295 e. The molecule has 1 unspecified atom stereocenters. The van der Waals surface area contributed by atoms with E-state index in [1.807, 2.05) is 69.4 Å². The average Bonchev–Trinajstić information content (AvgIpc) is 3.32. The van der Waals surface area contributed by atoms with Crippen LogP contribution in [0.1, 0.15) is 62.9 Å². The molecule has 1 aliphatic rings. The predicted octanol–water partition coefficient (Wildman–Crippen LogP) is 5.62. The Hall–Kier alpha value is -3.38. The number of aromatic amines is 1. The third-order valence-corrected chi connectivity index (χ3v) is 6.60. The van der Waals surface area contributed by atoms with Crippen molar-refractivity contribution >= 4 is 28.4 Å². The highest BCUT2D eigenvalue weighted by Gasteiger charge is 2.46. The molecular weight excluding hydrogens is 440 g/mol. The summed E-state index contributed by atoms with van der Waals surface area (Å²) in [6.07, 6.45) is 1.82. The van der Waals surface area contributed by atoms with E-state index in [4.69, 9.17) is 4.74 Å². The lowest BCUT2D eigenvalue weighted by molar-refractivity contribution is -0.140. The van der Waals surface area contributed by atoms with Crippen molar-refractivity contribution in [2.75, 3.05) is 13.2 Å². The van der Waals surface area contributed by atoms with Crippen LogP contribution in [0.2, 0.25) is 0 Å². The van der Waals surface area contributed by atoms with Crippen LogP contribution >= 0.6 is 0 Å². The molecule has 35 heavy (non-hydrogen) atoms. The number of aryl methyl sites for hydroxylation is 1. The van der Waals surface area contributed by atoms with Gasteiger partial charge in [-0.05, 0) is 49.4 Å². The number of amides is 1. The number of likely N-dealkylation sites (tertiary alicyclic amines) is 1. The third kappa shape index (κ3) is 4.63. The highest BCUT2D eigenvalue weighted by molar-refractivity contribution is 6.46. The SMILES string of the molecule is Cc1ccc(C(C)(C)C)cc1/C(O)=C1\C(=O)C(=O)N(CCOC(C)C)C1c1c[nH]c2ccccc12. The molecule has 2 heterocycles. The Morgan fingerprint density at radius 2 is 1.86 bits per heavy atom. The molecule has 0 spiro atoms. The van der Waals surface area contributed by atoms with Gasteiger partial charge in [0.25, 0.3) is 11.7 Å². The Balaban J connectivity index is 1.91. The van der Waals surface area contributed by atoms with Crippen molar-refractivity contribution in [1.82, 2.24) is 9.88 Å². The van der Waals surface area contributed by atoms with E-state index in [2.05, 4.69) is 25.8 Å². The van der Waals surface area contributed by atoms with Gasteiger partial charge in [0.2, 0.25) is 0 Å². The minimum absolute atomic E-state index is 0.00106. The van der Waals surface area contributed by atoms with Crippen LogP contribution in [-0.2, 0) is 19.7 Å². The molecule has 1 fully saturated rings. The van der Waals surface area contributed by atoms with Crippen LogP contribution in [-0.4, -0.2) is 45.9 Å². The summed E-state index contributed by atoms with van der Waals surface area (Å²) < 4.78 is 5.70. The number of hydrogen-bond donors (Lipinski definition) is 2. The van der Waals surface area contributed by atoms with Gasteiger partial charge in [0.1, 0.15) is 5.76 Å². The molecular formula is C29H34N2O4. The summed E-state index contributed by atoms with van der Waals surface area (Å²) in [6, 6.07) is 12.9. The van der Waals surface area contributed by atoms with E-state index in [0.29, 0.717) is 12.2 Å². The molecule has 1 atom stereocenters. The van der Waals surface area contributed by atoms with Gasteiger partial charge in [0.05, 0.1) is 24.3 Å². The molecule has 6 heteroatoms. The maximum atomic E-state index is 13.4. The van der Waals surface area contributed by atoms with E-state index >= 15 is 0 Å². The molecule has 2 aromatic carbocycles. The number of hydrogen-bond acceptors (Lipinski definition) is 4. The van der Waals surface area contributed by atoms with Gasteiger partial charge < -0.3 is 19.7 Å². The number of carbonyl (C=O) groups excluding carboxylic acids is 2. The van der Waals surface area contributed by atoms with Crippen LogP contribution in [0.25, 0.3) is 16.7 Å². The molecule has 1 amide bonds. The second-order valence-electron chi connectivity index (χ2n) is 10.5. The monoisotopic (exact) mass is 474 g/mol. The van der Waals surface area contributed by atoms with Crippen LogP contribution in [0.3, 0.4) is 0 Å². The van der Waals surface area contributed by atoms with E-state index in [9.17, 15) is 14.7 Å². The summed E-state index contributed by atoms with van der Waals surface area (Å²) in [6.45, 7) is 12.6. The van der Waals surface area contributed by atoms with Crippen molar-refractivity contribution in [3.63, 3.8) is 0 Å². The number of carbonyl (C=O) groups is 2. The number of fused-ring (bicyclic) bond motifs is 1. The topological polar surface area (TPSA) is 82.6 Å². The van der Waals surface area contributed by atoms with Crippen LogP contribution in [0.4, 0.5) is 0 Å². The maximum absolute atomic E-state index is 13.4. The molecule has 1 aliphatic heterocycles. The highest BCUT2D eigenvalue weighted by atomic mass is 16.5. The number of benzene rings is 2. The van der Waals surface area contributed by atoms with Gasteiger partial charge in [-0.15, -0.1) is 0 Å². The number of ketones is 1. The second-order valence-corrected chi connectivity index (χ2v) is 10.5. The predicted molar refractivity (Wildman–Crippen MR) is 138 cm³/mol. The number of aliphatic hydroxyl groups excluding tert-OH is 1.